The Balaban J connectivity index is 2.15. The van der Waals surface area contributed by atoms with Crippen LogP contribution in [0.1, 0.15) is 18.9 Å². The van der Waals surface area contributed by atoms with E-state index >= 15 is 0 Å². The number of thiocarbonyl (C=S) groups is 1. The van der Waals surface area contributed by atoms with Crippen LogP contribution in [0.4, 0.5) is 0 Å². The summed E-state index contributed by atoms with van der Waals surface area (Å²) in [7, 11) is 0. The molecule has 0 aromatic heterocycles. The maximum Gasteiger partial charge on any atom is 0.171 e. The summed E-state index contributed by atoms with van der Waals surface area (Å²) in [6.45, 7) is 1.52. The average molecular weight is 453 g/mol. The molecular weight excluding hydrogens is 436 g/mol. The topological polar surface area (TPSA) is 137 Å². The zero-order chi connectivity index (χ0) is 20.4. The van der Waals surface area contributed by atoms with Gasteiger partial charge < -0.3 is 30.8 Å². The van der Waals surface area contributed by atoms with E-state index in [0.717, 1.165) is 0 Å². The maximum absolute atomic E-state index is 10.1. The molecule has 142 valence electrons. The molecule has 0 amide bonds. The van der Waals surface area contributed by atoms with Crippen molar-refractivity contribution in [1.29, 1.82) is 5.26 Å². The van der Waals surface area contributed by atoms with Crippen molar-refractivity contribution in [2.45, 2.75) is 18.9 Å². The second-order valence-electron chi connectivity index (χ2n) is 6.21. The van der Waals surface area contributed by atoms with Crippen LogP contribution >= 0.6 is 28.1 Å². The lowest BCUT2D eigenvalue weighted by Gasteiger charge is -2.28. The number of aromatic hydroxyl groups is 2. The Bertz CT molecular complexity index is 905. The highest BCUT2D eigenvalue weighted by atomic mass is 79.9. The van der Waals surface area contributed by atoms with Crippen molar-refractivity contribution in [2.24, 2.45) is 0 Å². The summed E-state index contributed by atoms with van der Waals surface area (Å²) in [6, 6.07) is 4.75. The molecule has 0 aliphatic heterocycles. The third-order valence-electron chi connectivity index (χ3n) is 3.88. The van der Waals surface area contributed by atoms with E-state index in [1.54, 1.807) is 0 Å². The van der Waals surface area contributed by atoms with Crippen molar-refractivity contribution in [1.82, 2.24) is 5.32 Å². The highest BCUT2D eigenvalue weighted by molar-refractivity contribution is 9.10. The summed E-state index contributed by atoms with van der Waals surface area (Å²) in [5.74, 6) is -1.57. The van der Waals surface area contributed by atoms with Crippen molar-refractivity contribution >= 4 is 39.2 Å². The second kappa shape index (κ2) is 8.00. The van der Waals surface area contributed by atoms with Gasteiger partial charge in [0.25, 0.3) is 0 Å². The number of rotatable bonds is 4. The number of benzene rings is 1. The third kappa shape index (κ3) is 4.80. The molecule has 1 unspecified atom stereocenters. The summed E-state index contributed by atoms with van der Waals surface area (Å²) < 4.78 is 0.265. The Labute approximate surface area is 169 Å². The van der Waals surface area contributed by atoms with Gasteiger partial charge in [-0.1, -0.05) is 12.2 Å². The van der Waals surface area contributed by atoms with E-state index in [1.165, 1.54) is 31.2 Å². The summed E-state index contributed by atoms with van der Waals surface area (Å²) in [6.07, 6.45) is 2.85. The first kappa shape index (κ1) is 20.8. The number of hydrogen-bond acceptors (Lipinski definition) is 7. The number of halogens is 1. The van der Waals surface area contributed by atoms with E-state index in [9.17, 15) is 30.8 Å². The van der Waals surface area contributed by atoms with E-state index in [4.69, 9.17) is 12.2 Å². The lowest BCUT2D eigenvalue weighted by molar-refractivity contribution is 0.0423. The zero-order valence-corrected chi connectivity index (χ0v) is 16.6. The van der Waals surface area contributed by atoms with Crippen LogP contribution in [0.15, 0.2) is 45.3 Å². The predicted molar refractivity (Wildman–Crippen MR) is 107 cm³/mol. The molecule has 1 aliphatic carbocycles. The van der Waals surface area contributed by atoms with Crippen LogP contribution in [-0.2, 0) is 0 Å². The van der Waals surface area contributed by atoms with Crippen LogP contribution in [-0.4, -0.2) is 42.7 Å². The van der Waals surface area contributed by atoms with E-state index in [0.29, 0.717) is 11.1 Å². The van der Waals surface area contributed by atoms with E-state index in [1.807, 2.05) is 6.07 Å². The van der Waals surface area contributed by atoms with Crippen molar-refractivity contribution < 1.29 is 25.5 Å². The minimum atomic E-state index is -1.58. The molecule has 2 rings (SSSR count). The fraction of sp³-hybridized carbons (Fsp3) is 0.222. The first-order chi connectivity index (χ1) is 12.5. The lowest BCUT2D eigenvalue weighted by Crippen LogP contribution is -2.34. The monoisotopic (exact) mass is 452 g/mol. The number of hydrogen-bond donors (Lipinski definition) is 6. The van der Waals surface area contributed by atoms with Crippen molar-refractivity contribution in [3.05, 3.63) is 50.9 Å². The molecule has 0 bridgehead atoms. The highest BCUT2D eigenvalue weighted by Gasteiger charge is 2.33. The summed E-state index contributed by atoms with van der Waals surface area (Å²) in [5.41, 5.74) is -0.433. The number of nitriles is 1. The summed E-state index contributed by atoms with van der Waals surface area (Å²) >= 11 is 8.30. The molecule has 0 fully saturated rings. The first-order valence-corrected chi connectivity index (χ1v) is 8.91. The Kier molecular flexibility index (Phi) is 6.15. The number of aliphatic hydroxyl groups excluding tert-OH is 2. The Morgan fingerprint density at radius 2 is 2.04 bits per heavy atom. The molecule has 0 saturated heterocycles. The molecule has 1 atom stereocenters. The number of nitrogens with zero attached hydrogens (tertiary/aromatic N) is 1. The van der Waals surface area contributed by atoms with Gasteiger partial charge in [0.2, 0.25) is 0 Å². The van der Waals surface area contributed by atoms with Gasteiger partial charge in [0.1, 0.15) is 16.7 Å². The number of aliphatic hydroxyl groups is 3. The fourth-order valence-electron chi connectivity index (χ4n) is 2.52. The van der Waals surface area contributed by atoms with Crippen LogP contribution in [0.25, 0.3) is 6.08 Å². The normalized spacial score (nSPS) is 20.1. The van der Waals surface area contributed by atoms with Crippen molar-refractivity contribution in [3.8, 4) is 17.6 Å². The molecule has 27 heavy (non-hydrogen) atoms. The van der Waals surface area contributed by atoms with Gasteiger partial charge in [0, 0.05) is 13.0 Å². The first-order valence-electron chi connectivity index (χ1n) is 7.71. The number of allylic oxidation sites excluding steroid dienone is 1. The van der Waals surface area contributed by atoms with Gasteiger partial charge in [0.15, 0.2) is 23.0 Å². The van der Waals surface area contributed by atoms with Crippen LogP contribution in [0.2, 0.25) is 0 Å². The van der Waals surface area contributed by atoms with E-state index in [2.05, 4.69) is 21.2 Å². The number of phenolic OH excluding ortho intramolecular Hbond substituents is 2. The SMILES string of the molecule is CC1(O)CC(CNC(=S)/C(C#N)=C/c2cc(O)c(O)c(Br)c2)=CC(O)=C1O. The van der Waals surface area contributed by atoms with Crippen LogP contribution < -0.4 is 5.32 Å². The molecule has 0 saturated carbocycles. The molecule has 0 radical (unpaired) electrons. The van der Waals surface area contributed by atoms with Gasteiger partial charge >= 0.3 is 0 Å². The Morgan fingerprint density at radius 1 is 1.37 bits per heavy atom. The standard InChI is InChI=1S/C18H17BrN2O5S/c1-18(26)6-10(5-14(23)16(18)25)8-21-17(27)11(7-20)2-9-3-12(19)15(24)13(22)4-9/h2-5,22-26H,6,8H2,1H3,(H,21,27)/b11-2+. The lowest BCUT2D eigenvalue weighted by atomic mass is 9.89. The van der Waals surface area contributed by atoms with Gasteiger partial charge in [-0.3, -0.25) is 0 Å². The van der Waals surface area contributed by atoms with Crippen molar-refractivity contribution in [3.63, 3.8) is 0 Å². The zero-order valence-electron chi connectivity index (χ0n) is 14.2. The fourth-order valence-corrected chi connectivity index (χ4v) is 3.16. The Hall–Kier alpha value is -2.54. The molecule has 1 aromatic carbocycles. The van der Waals surface area contributed by atoms with Gasteiger partial charge in [-0.25, -0.2) is 0 Å². The van der Waals surface area contributed by atoms with Crippen LogP contribution in [0.5, 0.6) is 11.5 Å². The number of phenols is 2. The minimum absolute atomic E-state index is 0.0862. The highest BCUT2D eigenvalue weighted by Crippen LogP contribution is 2.35. The quantitative estimate of drug-likeness (QED) is 0.177. The largest absolute Gasteiger partial charge is 0.506 e. The Morgan fingerprint density at radius 3 is 2.59 bits per heavy atom. The predicted octanol–water partition coefficient (Wildman–Crippen LogP) is 3.09. The molecule has 0 spiro atoms. The van der Waals surface area contributed by atoms with Crippen molar-refractivity contribution in [2.75, 3.05) is 6.54 Å². The summed E-state index contributed by atoms with van der Waals surface area (Å²) in [5, 5.41) is 60.8. The van der Waals surface area contributed by atoms with Gasteiger partial charge in [-0.05, 0) is 58.3 Å². The molecule has 7 nitrogen and oxygen atoms in total. The third-order valence-corrected chi connectivity index (χ3v) is 4.85. The minimum Gasteiger partial charge on any atom is -0.506 e. The molecule has 0 heterocycles. The number of nitrogens with one attached hydrogen (secondary N) is 1. The maximum atomic E-state index is 10.1. The molecule has 9 heteroatoms. The summed E-state index contributed by atoms with van der Waals surface area (Å²) in [4.78, 5) is 0.125. The van der Waals surface area contributed by atoms with Crippen LogP contribution in [0, 0.1) is 11.3 Å². The molecule has 1 aromatic rings. The van der Waals surface area contributed by atoms with Gasteiger partial charge in [-0.15, -0.1) is 0 Å². The smallest absolute Gasteiger partial charge is 0.171 e. The van der Waals surface area contributed by atoms with Gasteiger partial charge in [0.05, 0.1) is 10.0 Å². The molecule has 6 N–H and O–H groups in total. The molecule has 1 aliphatic rings. The van der Waals surface area contributed by atoms with E-state index < -0.39 is 17.1 Å². The molecular formula is C18H17BrN2O5S. The van der Waals surface area contributed by atoms with Gasteiger partial charge in [-0.2, -0.15) is 5.26 Å². The average Bonchev–Trinajstić information content (AvgIpc) is 2.59. The second-order valence-corrected chi connectivity index (χ2v) is 7.47. The van der Waals surface area contributed by atoms with Crippen LogP contribution in [0.3, 0.4) is 0 Å². The van der Waals surface area contributed by atoms with E-state index in [-0.39, 0.29) is 39.5 Å².